The Bertz CT molecular complexity index is 574. The van der Waals surface area contributed by atoms with Crippen LogP contribution in [0.5, 0.6) is 0 Å². The van der Waals surface area contributed by atoms with Crippen molar-refractivity contribution in [3.63, 3.8) is 0 Å². The summed E-state index contributed by atoms with van der Waals surface area (Å²) in [7, 11) is 0. The maximum Gasteiger partial charge on any atom is 0.253 e. The molecule has 0 bridgehead atoms. The summed E-state index contributed by atoms with van der Waals surface area (Å²) >= 11 is 0. The van der Waals surface area contributed by atoms with Crippen LogP contribution in [0.25, 0.3) is 0 Å². The summed E-state index contributed by atoms with van der Waals surface area (Å²) in [5.41, 5.74) is 0.790. The van der Waals surface area contributed by atoms with Crippen LogP contribution in [0.4, 0.5) is 14.6 Å². The second-order valence-electron chi connectivity index (χ2n) is 5.95. The third-order valence-corrected chi connectivity index (χ3v) is 4.30. The van der Waals surface area contributed by atoms with Crippen molar-refractivity contribution in [1.29, 1.82) is 0 Å². The quantitative estimate of drug-likeness (QED) is 0.819. The zero-order valence-corrected chi connectivity index (χ0v) is 13.0. The predicted molar refractivity (Wildman–Crippen MR) is 79.5 cm³/mol. The average molecular weight is 326 g/mol. The highest BCUT2D eigenvalue weighted by atomic mass is 19.3. The van der Waals surface area contributed by atoms with E-state index in [1.54, 1.807) is 12.4 Å². The molecule has 1 atom stereocenters. The SMILES string of the molecule is Cc1nccnc1N1CCOC(C(=O)N2CCC(F)(F)CC2)C1. The number of carbonyl (C=O) groups excluding carboxylic acids is 1. The van der Waals surface area contributed by atoms with Crippen molar-refractivity contribution < 1.29 is 18.3 Å². The van der Waals surface area contributed by atoms with Crippen molar-refractivity contribution in [2.75, 3.05) is 37.7 Å². The molecule has 23 heavy (non-hydrogen) atoms. The Morgan fingerprint density at radius 3 is 2.65 bits per heavy atom. The number of hydrogen-bond donors (Lipinski definition) is 0. The maximum absolute atomic E-state index is 13.2. The summed E-state index contributed by atoms with van der Waals surface area (Å²) < 4.78 is 32.0. The van der Waals surface area contributed by atoms with Crippen LogP contribution in [0.3, 0.4) is 0 Å². The van der Waals surface area contributed by atoms with Crippen molar-refractivity contribution in [1.82, 2.24) is 14.9 Å². The van der Waals surface area contributed by atoms with Gasteiger partial charge in [0.25, 0.3) is 11.8 Å². The van der Waals surface area contributed by atoms with E-state index in [1.165, 1.54) is 4.90 Å². The standard InChI is InChI=1S/C15H20F2N4O2/c1-11-13(19-5-4-18-11)21-8-9-23-12(10-21)14(22)20-6-2-15(16,17)3-7-20/h4-5,12H,2-3,6-10H2,1H3. The van der Waals surface area contributed by atoms with E-state index in [1.807, 2.05) is 11.8 Å². The van der Waals surface area contributed by atoms with E-state index in [2.05, 4.69) is 9.97 Å². The minimum atomic E-state index is -2.66. The Balaban J connectivity index is 1.65. The van der Waals surface area contributed by atoms with Gasteiger partial charge in [-0.05, 0) is 6.92 Å². The second kappa shape index (κ2) is 6.35. The lowest BCUT2D eigenvalue weighted by Crippen LogP contribution is -2.53. The van der Waals surface area contributed by atoms with Crippen LogP contribution in [0.2, 0.25) is 0 Å². The highest BCUT2D eigenvalue weighted by Crippen LogP contribution is 2.28. The first-order valence-electron chi connectivity index (χ1n) is 7.77. The normalized spacial score (nSPS) is 24.6. The first kappa shape index (κ1) is 16.0. The summed E-state index contributed by atoms with van der Waals surface area (Å²) in [6.45, 7) is 3.41. The number of likely N-dealkylation sites (tertiary alicyclic amines) is 1. The number of ether oxygens (including phenoxy) is 1. The van der Waals surface area contributed by atoms with Crippen LogP contribution in [0, 0.1) is 6.92 Å². The van der Waals surface area contributed by atoms with Gasteiger partial charge in [-0.25, -0.2) is 13.8 Å². The smallest absolute Gasteiger partial charge is 0.253 e. The highest BCUT2D eigenvalue weighted by molar-refractivity contribution is 5.82. The first-order chi connectivity index (χ1) is 11.0. The zero-order valence-electron chi connectivity index (χ0n) is 13.0. The van der Waals surface area contributed by atoms with Crippen LogP contribution < -0.4 is 4.90 Å². The Hall–Kier alpha value is -1.83. The predicted octanol–water partition coefficient (Wildman–Crippen LogP) is 1.25. The van der Waals surface area contributed by atoms with Crippen molar-refractivity contribution in [2.45, 2.75) is 31.8 Å². The number of anilines is 1. The van der Waals surface area contributed by atoms with Crippen LogP contribution >= 0.6 is 0 Å². The molecular weight excluding hydrogens is 306 g/mol. The van der Waals surface area contributed by atoms with Crippen LogP contribution in [0.1, 0.15) is 18.5 Å². The lowest BCUT2D eigenvalue weighted by Gasteiger charge is -2.38. The van der Waals surface area contributed by atoms with E-state index >= 15 is 0 Å². The first-order valence-corrected chi connectivity index (χ1v) is 7.77. The lowest BCUT2D eigenvalue weighted by atomic mass is 10.1. The van der Waals surface area contributed by atoms with Crippen molar-refractivity contribution in [3.8, 4) is 0 Å². The molecule has 3 rings (SSSR count). The minimum Gasteiger partial charge on any atom is -0.365 e. The van der Waals surface area contributed by atoms with E-state index in [-0.39, 0.29) is 31.8 Å². The monoisotopic (exact) mass is 326 g/mol. The lowest BCUT2D eigenvalue weighted by molar-refractivity contribution is -0.150. The molecule has 126 valence electrons. The molecule has 1 unspecified atom stereocenters. The molecule has 1 amide bonds. The molecule has 2 saturated heterocycles. The van der Waals surface area contributed by atoms with Crippen molar-refractivity contribution >= 4 is 11.7 Å². The third kappa shape index (κ3) is 3.57. The van der Waals surface area contributed by atoms with E-state index in [0.717, 1.165) is 11.5 Å². The molecular formula is C15H20F2N4O2. The summed E-state index contributed by atoms with van der Waals surface area (Å²) in [4.78, 5) is 24.5. The average Bonchev–Trinajstić information content (AvgIpc) is 2.55. The summed E-state index contributed by atoms with van der Waals surface area (Å²) in [5.74, 6) is -2.14. The van der Waals surface area contributed by atoms with Gasteiger partial charge >= 0.3 is 0 Å². The molecule has 0 aromatic carbocycles. The van der Waals surface area contributed by atoms with Gasteiger partial charge in [-0.2, -0.15) is 0 Å². The van der Waals surface area contributed by atoms with E-state index in [0.29, 0.717) is 19.7 Å². The molecule has 0 aliphatic carbocycles. The number of piperidine rings is 1. The van der Waals surface area contributed by atoms with Gasteiger partial charge in [-0.15, -0.1) is 0 Å². The molecule has 0 spiro atoms. The molecule has 2 aliphatic heterocycles. The number of morpholine rings is 1. The molecule has 0 N–H and O–H groups in total. The largest absolute Gasteiger partial charge is 0.365 e. The zero-order chi connectivity index (χ0) is 16.4. The molecule has 2 fully saturated rings. The molecule has 6 nitrogen and oxygen atoms in total. The Morgan fingerprint density at radius 1 is 1.26 bits per heavy atom. The number of aromatic nitrogens is 2. The van der Waals surface area contributed by atoms with E-state index in [9.17, 15) is 13.6 Å². The van der Waals surface area contributed by atoms with Gasteiger partial charge in [-0.1, -0.05) is 0 Å². The van der Waals surface area contributed by atoms with Crippen LogP contribution in [-0.4, -0.2) is 65.6 Å². The van der Waals surface area contributed by atoms with Crippen molar-refractivity contribution in [2.24, 2.45) is 0 Å². The summed E-state index contributed by atoms with van der Waals surface area (Å²) in [5, 5.41) is 0. The molecule has 0 radical (unpaired) electrons. The highest BCUT2D eigenvalue weighted by Gasteiger charge is 2.38. The Labute approximate surface area is 133 Å². The number of nitrogens with zero attached hydrogens (tertiary/aromatic N) is 4. The van der Waals surface area contributed by atoms with Gasteiger partial charge in [-0.3, -0.25) is 9.78 Å². The van der Waals surface area contributed by atoms with Gasteiger partial charge < -0.3 is 14.5 Å². The van der Waals surface area contributed by atoms with E-state index in [4.69, 9.17) is 4.74 Å². The number of hydrogen-bond acceptors (Lipinski definition) is 5. The fraction of sp³-hybridized carbons (Fsp3) is 0.667. The van der Waals surface area contributed by atoms with Gasteiger partial charge in [0, 0.05) is 44.9 Å². The van der Waals surface area contributed by atoms with Crippen LogP contribution in [-0.2, 0) is 9.53 Å². The number of amides is 1. The number of aryl methyl sites for hydroxylation is 1. The van der Waals surface area contributed by atoms with Gasteiger partial charge in [0.2, 0.25) is 0 Å². The third-order valence-electron chi connectivity index (χ3n) is 4.30. The molecule has 1 aromatic rings. The van der Waals surface area contributed by atoms with Crippen molar-refractivity contribution in [3.05, 3.63) is 18.1 Å². The fourth-order valence-electron chi connectivity index (χ4n) is 2.96. The van der Waals surface area contributed by atoms with Crippen LogP contribution in [0.15, 0.2) is 12.4 Å². The fourth-order valence-corrected chi connectivity index (χ4v) is 2.96. The molecule has 2 aliphatic rings. The summed E-state index contributed by atoms with van der Waals surface area (Å²) in [6, 6.07) is 0. The Morgan fingerprint density at radius 2 is 1.96 bits per heavy atom. The molecule has 1 aromatic heterocycles. The molecule has 0 saturated carbocycles. The van der Waals surface area contributed by atoms with Gasteiger partial charge in [0.05, 0.1) is 18.8 Å². The molecule has 8 heteroatoms. The topological polar surface area (TPSA) is 58.6 Å². The molecule has 3 heterocycles. The Kier molecular flexibility index (Phi) is 4.43. The number of halogens is 2. The summed E-state index contributed by atoms with van der Waals surface area (Å²) in [6.07, 6.45) is 2.03. The maximum atomic E-state index is 13.2. The second-order valence-corrected chi connectivity index (χ2v) is 5.95. The minimum absolute atomic E-state index is 0.0792. The van der Waals surface area contributed by atoms with Gasteiger partial charge in [0.15, 0.2) is 6.10 Å². The van der Waals surface area contributed by atoms with E-state index < -0.39 is 12.0 Å². The van der Waals surface area contributed by atoms with Gasteiger partial charge in [0.1, 0.15) is 5.82 Å². The number of rotatable bonds is 2. The number of alkyl halides is 2. The number of carbonyl (C=O) groups is 1.